The number of nitrogens with zero attached hydrogens (tertiary/aromatic N) is 2. The number of hydrogen-bond acceptors (Lipinski definition) is 3. The van der Waals surface area contributed by atoms with Gasteiger partial charge in [-0.15, -0.1) is 0 Å². The zero-order valence-electron chi connectivity index (χ0n) is 15.3. The van der Waals surface area contributed by atoms with E-state index < -0.39 is 0 Å². The number of rotatable bonds is 5. The Kier molecular flexibility index (Phi) is 5.42. The van der Waals surface area contributed by atoms with Crippen molar-refractivity contribution in [3.05, 3.63) is 35.4 Å². The highest BCUT2D eigenvalue weighted by atomic mass is 16.5. The number of ether oxygens (including phenoxy) is 1. The number of hydrogen-bond donors (Lipinski definition) is 0. The van der Waals surface area contributed by atoms with Gasteiger partial charge in [0, 0.05) is 44.6 Å². The molecule has 2 fully saturated rings. The summed E-state index contributed by atoms with van der Waals surface area (Å²) in [5.74, 6) is 0.313. The highest BCUT2D eigenvalue weighted by Crippen LogP contribution is 2.41. The molecule has 0 unspecified atom stereocenters. The first-order valence-electron chi connectivity index (χ1n) is 9.20. The third-order valence-electron chi connectivity index (χ3n) is 5.47. The summed E-state index contributed by atoms with van der Waals surface area (Å²) in [4.78, 5) is 28.5. The fraction of sp³-hybridized carbons (Fsp3) is 0.600. The Balaban J connectivity index is 1.56. The second-order valence-electron chi connectivity index (χ2n) is 7.43. The molecule has 0 saturated carbocycles. The van der Waals surface area contributed by atoms with Crippen LogP contribution in [0.1, 0.15) is 37.3 Å². The van der Waals surface area contributed by atoms with Gasteiger partial charge in [-0.1, -0.05) is 29.8 Å². The van der Waals surface area contributed by atoms with E-state index >= 15 is 0 Å². The highest BCUT2D eigenvalue weighted by molar-refractivity contribution is 5.80. The lowest BCUT2D eigenvalue weighted by atomic mass is 9.77. The standard InChI is InChI=1S/C20H28N2O3/c1-3-25-14-19(24)21-9-7-20(8-10-21)12-18(23)22(15-20)13-17-6-4-5-16(2)11-17/h4-6,11H,3,7-10,12-15H2,1-2H3. The molecule has 0 atom stereocenters. The van der Waals surface area contributed by atoms with Crippen molar-refractivity contribution >= 4 is 11.8 Å². The Hall–Kier alpha value is -1.88. The van der Waals surface area contributed by atoms with E-state index in [2.05, 4.69) is 25.1 Å². The molecule has 2 aliphatic rings. The van der Waals surface area contributed by atoms with Crippen molar-refractivity contribution in [3.8, 4) is 0 Å². The van der Waals surface area contributed by atoms with E-state index in [9.17, 15) is 9.59 Å². The van der Waals surface area contributed by atoms with E-state index in [0.717, 1.165) is 32.5 Å². The molecule has 136 valence electrons. The zero-order valence-corrected chi connectivity index (χ0v) is 15.3. The number of aryl methyl sites for hydroxylation is 1. The molecule has 5 nitrogen and oxygen atoms in total. The van der Waals surface area contributed by atoms with Crippen molar-refractivity contribution in [2.75, 3.05) is 32.8 Å². The molecule has 2 aliphatic heterocycles. The summed E-state index contributed by atoms with van der Waals surface area (Å²) >= 11 is 0. The summed E-state index contributed by atoms with van der Waals surface area (Å²) in [5.41, 5.74) is 2.46. The quantitative estimate of drug-likeness (QED) is 0.824. The smallest absolute Gasteiger partial charge is 0.248 e. The van der Waals surface area contributed by atoms with Crippen LogP contribution >= 0.6 is 0 Å². The van der Waals surface area contributed by atoms with E-state index in [1.165, 1.54) is 11.1 Å². The maximum absolute atomic E-state index is 12.5. The second kappa shape index (κ2) is 7.56. The van der Waals surface area contributed by atoms with Crippen molar-refractivity contribution in [3.63, 3.8) is 0 Å². The van der Waals surface area contributed by atoms with Crippen molar-refractivity contribution in [2.24, 2.45) is 5.41 Å². The lowest BCUT2D eigenvalue weighted by Crippen LogP contribution is -2.45. The third-order valence-corrected chi connectivity index (χ3v) is 5.47. The zero-order chi connectivity index (χ0) is 17.9. The van der Waals surface area contributed by atoms with Gasteiger partial charge in [0.05, 0.1) is 0 Å². The van der Waals surface area contributed by atoms with Gasteiger partial charge in [-0.05, 0) is 32.3 Å². The van der Waals surface area contributed by atoms with Crippen LogP contribution in [0.3, 0.4) is 0 Å². The van der Waals surface area contributed by atoms with Gasteiger partial charge in [-0.2, -0.15) is 0 Å². The average molecular weight is 344 g/mol. The average Bonchev–Trinajstić information content (AvgIpc) is 2.88. The fourth-order valence-electron chi connectivity index (χ4n) is 4.00. The summed E-state index contributed by atoms with van der Waals surface area (Å²) in [5, 5.41) is 0. The van der Waals surface area contributed by atoms with Crippen LogP contribution in [0.2, 0.25) is 0 Å². The predicted molar refractivity (Wildman–Crippen MR) is 96.0 cm³/mol. The monoisotopic (exact) mass is 344 g/mol. The van der Waals surface area contributed by atoms with Gasteiger partial charge in [-0.3, -0.25) is 9.59 Å². The number of amides is 2. The van der Waals surface area contributed by atoms with Crippen LogP contribution in [0.15, 0.2) is 24.3 Å². The Morgan fingerprint density at radius 2 is 2.04 bits per heavy atom. The molecule has 25 heavy (non-hydrogen) atoms. The van der Waals surface area contributed by atoms with Crippen molar-refractivity contribution in [2.45, 2.75) is 39.7 Å². The molecular formula is C20H28N2O3. The van der Waals surface area contributed by atoms with Gasteiger partial charge in [0.1, 0.15) is 6.61 Å². The maximum atomic E-state index is 12.5. The molecule has 1 spiro atoms. The van der Waals surface area contributed by atoms with Crippen LogP contribution in [0.25, 0.3) is 0 Å². The Labute approximate surface area is 149 Å². The first-order chi connectivity index (χ1) is 12.0. The van der Waals surface area contributed by atoms with Crippen LogP contribution in [-0.2, 0) is 20.9 Å². The van der Waals surface area contributed by atoms with Crippen molar-refractivity contribution in [1.82, 2.24) is 9.80 Å². The molecule has 1 aromatic carbocycles. The lowest BCUT2D eigenvalue weighted by Gasteiger charge is -2.38. The molecule has 2 heterocycles. The molecule has 0 N–H and O–H groups in total. The first kappa shape index (κ1) is 17.9. The maximum Gasteiger partial charge on any atom is 0.248 e. The summed E-state index contributed by atoms with van der Waals surface area (Å²) < 4.78 is 5.22. The third kappa shape index (κ3) is 4.21. The molecule has 0 radical (unpaired) electrons. The number of likely N-dealkylation sites (tertiary alicyclic amines) is 2. The highest BCUT2D eigenvalue weighted by Gasteiger charge is 2.45. The summed E-state index contributed by atoms with van der Waals surface area (Å²) in [6, 6.07) is 8.35. The summed E-state index contributed by atoms with van der Waals surface area (Å²) in [7, 11) is 0. The van der Waals surface area contributed by atoms with Crippen molar-refractivity contribution in [1.29, 1.82) is 0 Å². The minimum atomic E-state index is 0.0449. The molecule has 0 aromatic heterocycles. The van der Waals surface area contributed by atoms with Gasteiger partial charge in [-0.25, -0.2) is 0 Å². The van der Waals surface area contributed by atoms with E-state index in [1.807, 2.05) is 22.8 Å². The molecule has 2 saturated heterocycles. The van der Waals surface area contributed by atoms with Gasteiger partial charge in [0.2, 0.25) is 11.8 Å². The minimum absolute atomic E-state index is 0.0449. The number of piperidine rings is 1. The Bertz CT molecular complexity index is 636. The number of benzene rings is 1. The lowest BCUT2D eigenvalue weighted by molar-refractivity contribution is -0.138. The van der Waals surface area contributed by atoms with Gasteiger partial charge in [0.25, 0.3) is 0 Å². The molecule has 5 heteroatoms. The number of carbonyl (C=O) groups excluding carboxylic acids is 2. The predicted octanol–water partition coefficient (Wildman–Crippen LogP) is 2.37. The van der Waals surface area contributed by atoms with E-state index in [0.29, 0.717) is 19.6 Å². The summed E-state index contributed by atoms with van der Waals surface area (Å²) in [6.07, 6.45) is 2.42. The van der Waals surface area contributed by atoms with Gasteiger partial charge in [0.15, 0.2) is 0 Å². The Morgan fingerprint density at radius 1 is 1.28 bits per heavy atom. The SMILES string of the molecule is CCOCC(=O)N1CCC2(CC1)CC(=O)N(Cc1cccc(C)c1)C2. The molecular weight excluding hydrogens is 316 g/mol. The summed E-state index contributed by atoms with van der Waals surface area (Å²) in [6.45, 7) is 7.67. The number of carbonyl (C=O) groups is 2. The largest absolute Gasteiger partial charge is 0.372 e. The molecule has 2 amide bonds. The molecule has 3 rings (SSSR count). The van der Waals surface area contributed by atoms with Gasteiger partial charge < -0.3 is 14.5 Å². The normalized spacial score (nSPS) is 19.7. The second-order valence-corrected chi connectivity index (χ2v) is 7.43. The van der Waals surface area contributed by atoms with E-state index in [1.54, 1.807) is 0 Å². The van der Waals surface area contributed by atoms with Crippen LogP contribution in [0.5, 0.6) is 0 Å². The van der Waals surface area contributed by atoms with Crippen LogP contribution in [0.4, 0.5) is 0 Å². The van der Waals surface area contributed by atoms with Crippen LogP contribution in [-0.4, -0.2) is 54.5 Å². The van der Waals surface area contributed by atoms with Gasteiger partial charge >= 0.3 is 0 Å². The molecule has 0 aliphatic carbocycles. The Morgan fingerprint density at radius 3 is 2.72 bits per heavy atom. The van der Waals surface area contributed by atoms with Crippen molar-refractivity contribution < 1.29 is 14.3 Å². The molecule has 1 aromatic rings. The minimum Gasteiger partial charge on any atom is -0.372 e. The van der Waals surface area contributed by atoms with Crippen LogP contribution in [0, 0.1) is 12.3 Å². The molecule has 0 bridgehead atoms. The van der Waals surface area contributed by atoms with E-state index in [4.69, 9.17) is 4.74 Å². The van der Waals surface area contributed by atoms with E-state index in [-0.39, 0.29) is 23.8 Å². The van der Waals surface area contributed by atoms with Crippen LogP contribution < -0.4 is 0 Å². The topological polar surface area (TPSA) is 49.9 Å². The fourth-order valence-corrected chi connectivity index (χ4v) is 4.00. The first-order valence-corrected chi connectivity index (χ1v) is 9.20.